The molecule has 1 atom stereocenters. The van der Waals surface area contributed by atoms with Crippen LogP contribution in [-0.2, 0) is 14.4 Å². The summed E-state index contributed by atoms with van der Waals surface area (Å²) in [5, 5.41) is 2.18. The van der Waals surface area contributed by atoms with Crippen LogP contribution >= 0.6 is 11.8 Å². The highest BCUT2D eigenvalue weighted by Crippen LogP contribution is 2.29. The van der Waals surface area contributed by atoms with Crippen molar-refractivity contribution in [2.45, 2.75) is 18.6 Å². The highest BCUT2D eigenvalue weighted by atomic mass is 32.2. The lowest BCUT2D eigenvalue weighted by molar-refractivity contribution is -0.121. The number of aryl methyl sites for hydroxylation is 1. The van der Waals surface area contributed by atoms with E-state index in [4.69, 9.17) is 0 Å². The van der Waals surface area contributed by atoms with Crippen LogP contribution in [0, 0.1) is 12.7 Å². The summed E-state index contributed by atoms with van der Waals surface area (Å²) < 4.78 is 13.0. The number of imide groups is 1. The van der Waals surface area contributed by atoms with E-state index in [2.05, 4.69) is 5.32 Å². The van der Waals surface area contributed by atoms with E-state index in [0.29, 0.717) is 5.69 Å². The van der Waals surface area contributed by atoms with Gasteiger partial charge in [0.25, 0.3) is 0 Å². The number of halogens is 1. The third-order valence-electron chi connectivity index (χ3n) is 4.02. The van der Waals surface area contributed by atoms with Gasteiger partial charge in [-0.05, 0) is 42.8 Å². The van der Waals surface area contributed by atoms with Gasteiger partial charge in [-0.25, -0.2) is 9.29 Å². The molecule has 5 nitrogen and oxygen atoms in total. The van der Waals surface area contributed by atoms with Gasteiger partial charge in [0, 0.05) is 12.1 Å². The molecule has 1 N–H and O–H groups in total. The summed E-state index contributed by atoms with van der Waals surface area (Å²) in [4.78, 5) is 37.8. The maximum Gasteiger partial charge on any atom is 0.247 e. The molecule has 1 fully saturated rings. The topological polar surface area (TPSA) is 66.5 Å². The number of benzene rings is 2. The zero-order valence-electron chi connectivity index (χ0n) is 14.1. The number of carbonyl (C=O) groups is 3. The van der Waals surface area contributed by atoms with Gasteiger partial charge in [-0.1, -0.05) is 18.2 Å². The van der Waals surface area contributed by atoms with Crippen LogP contribution in [0.25, 0.3) is 0 Å². The van der Waals surface area contributed by atoms with Crippen molar-refractivity contribution in [2.24, 2.45) is 0 Å². The zero-order chi connectivity index (χ0) is 18.7. The molecule has 1 aliphatic heterocycles. The molecule has 0 saturated carbocycles. The van der Waals surface area contributed by atoms with E-state index in [1.165, 1.54) is 24.3 Å². The van der Waals surface area contributed by atoms with Crippen LogP contribution in [0.2, 0.25) is 0 Å². The minimum Gasteiger partial charge on any atom is -0.325 e. The Labute approximate surface area is 154 Å². The third kappa shape index (κ3) is 3.94. The smallest absolute Gasteiger partial charge is 0.247 e. The normalized spacial score (nSPS) is 16.8. The van der Waals surface area contributed by atoms with Crippen molar-refractivity contribution in [1.29, 1.82) is 0 Å². The average Bonchev–Trinajstić information content (AvgIpc) is 2.90. The van der Waals surface area contributed by atoms with Gasteiger partial charge in [-0.3, -0.25) is 14.4 Å². The molecule has 134 valence electrons. The highest BCUT2D eigenvalue weighted by Gasteiger charge is 2.40. The molecule has 3 amide bonds. The fraction of sp³-hybridized carbons (Fsp3) is 0.211. The minimum atomic E-state index is -0.616. The van der Waals surface area contributed by atoms with Crippen LogP contribution in [0.5, 0.6) is 0 Å². The lowest BCUT2D eigenvalue weighted by atomic mass is 10.2. The van der Waals surface area contributed by atoms with E-state index >= 15 is 0 Å². The molecule has 0 unspecified atom stereocenters. The number of carbonyl (C=O) groups excluding carboxylic acids is 3. The van der Waals surface area contributed by atoms with Crippen molar-refractivity contribution in [1.82, 2.24) is 0 Å². The number of hydrogen-bond donors (Lipinski definition) is 1. The molecule has 0 spiro atoms. The van der Waals surface area contributed by atoms with E-state index in [1.807, 2.05) is 25.1 Å². The summed E-state index contributed by atoms with van der Waals surface area (Å²) in [7, 11) is 0. The predicted octanol–water partition coefficient (Wildman–Crippen LogP) is 3.14. The molecule has 26 heavy (non-hydrogen) atoms. The fourth-order valence-corrected chi connectivity index (χ4v) is 3.60. The maximum absolute atomic E-state index is 13.0. The first kappa shape index (κ1) is 18.1. The summed E-state index contributed by atoms with van der Waals surface area (Å²) in [6.07, 6.45) is 0.0263. The number of hydrogen-bond acceptors (Lipinski definition) is 4. The Morgan fingerprint density at radius 1 is 1.19 bits per heavy atom. The first-order valence-electron chi connectivity index (χ1n) is 8.05. The standard InChI is InChI=1S/C19H17FN2O3S/c1-12-4-2-3-5-15(12)21-17(23)11-26-16-10-18(24)22(19(16)25)14-8-6-13(20)7-9-14/h2-9,16H,10-11H2,1H3,(H,21,23)/t16-/m1/s1. The van der Waals surface area contributed by atoms with Crippen molar-refractivity contribution < 1.29 is 18.8 Å². The van der Waals surface area contributed by atoms with Crippen molar-refractivity contribution in [3.05, 3.63) is 59.9 Å². The number of nitrogens with one attached hydrogen (secondary N) is 1. The molecule has 1 aliphatic rings. The van der Waals surface area contributed by atoms with Crippen molar-refractivity contribution >= 4 is 40.9 Å². The number of para-hydroxylation sites is 1. The number of amides is 3. The Morgan fingerprint density at radius 3 is 2.58 bits per heavy atom. The second kappa shape index (κ2) is 7.70. The van der Waals surface area contributed by atoms with E-state index in [0.717, 1.165) is 27.9 Å². The largest absolute Gasteiger partial charge is 0.325 e. The number of anilines is 2. The van der Waals surface area contributed by atoms with Crippen molar-refractivity contribution in [3.8, 4) is 0 Å². The van der Waals surface area contributed by atoms with Gasteiger partial charge < -0.3 is 5.32 Å². The molecule has 2 aromatic carbocycles. The second-order valence-corrected chi connectivity index (χ2v) is 7.10. The molecule has 2 aromatic rings. The fourth-order valence-electron chi connectivity index (χ4n) is 2.67. The van der Waals surface area contributed by atoms with Crippen LogP contribution < -0.4 is 10.2 Å². The molecule has 1 heterocycles. The Bertz CT molecular complexity index is 854. The van der Waals surface area contributed by atoms with E-state index in [1.54, 1.807) is 6.07 Å². The molecule has 0 bridgehead atoms. The number of nitrogens with zero attached hydrogens (tertiary/aromatic N) is 1. The monoisotopic (exact) mass is 372 g/mol. The summed E-state index contributed by atoms with van der Waals surface area (Å²) in [6, 6.07) is 12.6. The minimum absolute atomic E-state index is 0.0263. The van der Waals surface area contributed by atoms with Crippen LogP contribution in [0.3, 0.4) is 0 Å². The Balaban J connectivity index is 1.60. The van der Waals surface area contributed by atoms with Crippen molar-refractivity contribution in [3.63, 3.8) is 0 Å². The predicted molar refractivity (Wildman–Crippen MR) is 99.6 cm³/mol. The molecule has 1 saturated heterocycles. The van der Waals surface area contributed by atoms with Gasteiger partial charge in [0.15, 0.2) is 0 Å². The summed E-state index contributed by atoms with van der Waals surface area (Å²) in [5.41, 5.74) is 2.01. The Hall–Kier alpha value is -2.67. The summed E-state index contributed by atoms with van der Waals surface area (Å²) in [6.45, 7) is 1.89. The van der Waals surface area contributed by atoms with Crippen LogP contribution in [0.1, 0.15) is 12.0 Å². The Kier molecular flexibility index (Phi) is 5.37. The third-order valence-corrected chi connectivity index (χ3v) is 5.22. The van der Waals surface area contributed by atoms with E-state index in [-0.39, 0.29) is 29.9 Å². The quantitative estimate of drug-likeness (QED) is 0.819. The first-order chi connectivity index (χ1) is 12.5. The van der Waals surface area contributed by atoms with Crippen LogP contribution in [0.4, 0.5) is 15.8 Å². The molecule has 0 aromatic heterocycles. The average molecular weight is 372 g/mol. The van der Waals surface area contributed by atoms with Crippen molar-refractivity contribution in [2.75, 3.05) is 16.0 Å². The SMILES string of the molecule is Cc1ccccc1NC(=O)CS[C@@H]1CC(=O)N(c2ccc(F)cc2)C1=O. The van der Waals surface area contributed by atoms with Gasteiger partial charge in [0.2, 0.25) is 17.7 Å². The van der Waals surface area contributed by atoms with Gasteiger partial charge in [0.05, 0.1) is 16.7 Å². The molecule has 0 radical (unpaired) electrons. The molecule has 3 rings (SSSR count). The Morgan fingerprint density at radius 2 is 1.88 bits per heavy atom. The highest BCUT2D eigenvalue weighted by molar-refractivity contribution is 8.01. The number of thioether (sulfide) groups is 1. The summed E-state index contributed by atoms with van der Waals surface area (Å²) >= 11 is 1.13. The van der Waals surface area contributed by atoms with Gasteiger partial charge in [-0.2, -0.15) is 0 Å². The zero-order valence-corrected chi connectivity index (χ0v) is 14.9. The lowest BCUT2D eigenvalue weighted by Gasteiger charge is -2.15. The molecular formula is C19H17FN2O3S. The number of rotatable bonds is 5. The van der Waals surface area contributed by atoms with E-state index < -0.39 is 11.1 Å². The molecular weight excluding hydrogens is 355 g/mol. The van der Waals surface area contributed by atoms with Crippen LogP contribution in [0.15, 0.2) is 48.5 Å². The second-order valence-electron chi connectivity index (χ2n) is 5.91. The van der Waals surface area contributed by atoms with Crippen LogP contribution in [-0.4, -0.2) is 28.7 Å². The molecule has 7 heteroatoms. The first-order valence-corrected chi connectivity index (χ1v) is 9.10. The van der Waals surface area contributed by atoms with Gasteiger partial charge in [-0.15, -0.1) is 11.8 Å². The lowest BCUT2D eigenvalue weighted by Crippen LogP contribution is -2.31. The summed E-state index contributed by atoms with van der Waals surface area (Å²) in [5.74, 6) is -1.33. The van der Waals surface area contributed by atoms with Gasteiger partial charge in [0.1, 0.15) is 5.82 Å². The molecule has 0 aliphatic carbocycles. The maximum atomic E-state index is 13.0. The van der Waals surface area contributed by atoms with E-state index in [9.17, 15) is 18.8 Å². The van der Waals surface area contributed by atoms with Gasteiger partial charge >= 0.3 is 0 Å².